The molecule has 0 aromatic carbocycles. The topological polar surface area (TPSA) is 49.6 Å². The molecule has 1 unspecified atom stereocenters. The summed E-state index contributed by atoms with van der Waals surface area (Å²) in [6.07, 6.45) is 1.91. The van der Waals surface area contributed by atoms with Gasteiger partial charge >= 0.3 is 0 Å². The van der Waals surface area contributed by atoms with Crippen molar-refractivity contribution >= 4 is 5.91 Å². The first-order valence-corrected chi connectivity index (χ1v) is 6.86. The van der Waals surface area contributed by atoms with Crippen LogP contribution in [0.1, 0.15) is 33.6 Å². The Hall–Kier alpha value is -0.610. The Morgan fingerprint density at radius 2 is 1.71 bits per heavy atom. The standard InChI is InChI=1S/C13H27N3O/c1-4-12(5-2)13(17)16-8-6-15(7-9-16)11(3)10-14/h11-12H,4-10,14H2,1-3H3. The molecule has 17 heavy (non-hydrogen) atoms. The van der Waals surface area contributed by atoms with E-state index in [1.807, 2.05) is 4.90 Å². The van der Waals surface area contributed by atoms with E-state index in [1.165, 1.54) is 0 Å². The van der Waals surface area contributed by atoms with Gasteiger partial charge in [-0.15, -0.1) is 0 Å². The van der Waals surface area contributed by atoms with E-state index in [1.54, 1.807) is 0 Å². The van der Waals surface area contributed by atoms with Gasteiger partial charge in [-0.2, -0.15) is 0 Å². The maximum Gasteiger partial charge on any atom is 0.225 e. The first kappa shape index (κ1) is 14.5. The summed E-state index contributed by atoms with van der Waals surface area (Å²) in [5.41, 5.74) is 5.67. The maximum atomic E-state index is 12.2. The van der Waals surface area contributed by atoms with E-state index in [2.05, 4.69) is 25.7 Å². The molecular weight excluding hydrogens is 214 g/mol. The van der Waals surface area contributed by atoms with Gasteiger partial charge in [0.2, 0.25) is 5.91 Å². The minimum atomic E-state index is 0.216. The second kappa shape index (κ2) is 6.97. The molecule has 4 heteroatoms. The van der Waals surface area contributed by atoms with Gasteiger partial charge in [-0.25, -0.2) is 0 Å². The van der Waals surface area contributed by atoms with Crippen molar-refractivity contribution in [3.05, 3.63) is 0 Å². The van der Waals surface area contributed by atoms with E-state index >= 15 is 0 Å². The third kappa shape index (κ3) is 3.68. The van der Waals surface area contributed by atoms with Crippen molar-refractivity contribution in [2.24, 2.45) is 11.7 Å². The lowest BCUT2D eigenvalue weighted by Gasteiger charge is -2.38. The molecule has 0 bridgehead atoms. The van der Waals surface area contributed by atoms with Crippen LogP contribution in [0.25, 0.3) is 0 Å². The predicted octanol–water partition coefficient (Wildman–Crippen LogP) is 0.914. The number of nitrogens with zero attached hydrogens (tertiary/aromatic N) is 2. The second-order valence-electron chi connectivity index (χ2n) is 4.96. The van der Waals surface area contributed by atoms with Crippen LogP contribution < -0.4 is 5.73 Å². The van der Waals surface area contributed by atoms with Crippen molar-refractivity contribution in [3.8, 4) is 0 Å². The minimum absolute atomic E-state index is 0.216. The summed E-state index contributed by atoms with van der Waals surface area (Å²) in [7, 11) is 0. The molecule has 100 valence electrons. The molecule has 0 saturated carbocycles. The summed E-state index contributed by atoms with van der Waals surface area (Å²) in [6, 6.07) is 0.431. The molecule has 1 atom stereocenters. The Labute approximate surface area is 105 Å². The molecule has 1 heterocycles. The molecular formula is C13H27N3O. The number of rotatable bonds is 5. The Morgan fingerprint density at radius 1 is 1.18 bits per heavy atom. The van der Waals surface area contributed by atoms with Crippen LogP contribution in [0.15, 0.2) is 0 Å². The third-order valence-electron chi connectivity index (χ3n) is 3.93. The first-order valence-electron chi connectivity index (χ1n) is 6.86. The monoisotopic (exact) mass is 241 g/mol. The fraction of sp³-hybridized carbons (Fsp3) is 0.923. The number of amides is 1. The molecule has 1 aliphatic rings. The lowest BCUT2D eigenvalue weighted by atomic mass is 10.0. The number of hydrogen-bond acceptors (Lipinski definition) is 3. The minimum Gasteiger partial charge on any atom is -0.340 e. The average molecular weight is 241 g/mol. The fourth-order valence-corrected chi connectivity index (χ4v) is 2.43. The Balaban J connectivity index is 2.43. The Kier molecular flexibility index (Phi) is 5.92. The summed E-state index contributed by atoms with van der Waals surface area (Å²) in [5, 5.41) is 0. The number of carbonyl (C=O) groups is 1. The summed E-state index contributed by atoms with van der Waals surface area (Å²) >= 11 is 0. The number of piperazine rings is 1. The van der Waals surface area contributed by atoms with Crippen molar-refractivity contribution < 1.29 is 4.79 Å². The largest absolute Gasteiger partial charge is 0.340 e. The summed E-state index contributed by atoms with van der Waals surface area (Å²) < 4.78 is 0. The van der Waals surface area contributed by atoms with Crippen LogP contribution in [0, 0.1) is 5.92 Å². The molecule has 1 fully saturated rings. The van der Waals surface area contributed by atoms with Gasteiger partial charge in [0.15, 0.2) is 0 Å². The van der Waals surface area contributed by atoms with Crippen molar-refractivity contribution in [2.75, 3.05) is 32.7 Å². The first-order chi connectivity index (χ1) is 8.13. The van der Waals surface area contributed by atoms with E-state index < -0.39 is 0 Å². The van der Waals surface area contributed by atoms with Gasteiger partial charge in [0, 0.05) is 44.7 Å². The quantitative estimate of drug-likeness (QED) is 0.778. The molecule has 0 spiro atoms. The van der Waals surface area contributed by atoms with E-state index in [-0.39, 0.29) is 5.92 Å². The Morgan fingerprint density at radius 3 is 2.12 bits per heavy atom. The molecule has 0 radical (unpaired) electrons. The van der Waals surface area contributed by atoms with Crippen molar-refractivity contribution in [1.29, 1.82) is 0 Å². The van der Waals surface area contributed by atoms with Crippen LogP contribution in [0.2, 0.25) is 0 Å². The third-order valence-corrected chi connectivity index (χ3v) is 3.93. The molecule has 0 aliphatic carbocycles. The SMILES string of the molecule is CCC(CC)C(=O)N1CCN(C(C)CN)CC1. The number of carbonyl (C=O) groups excluding carboxylic acids is 1. The lowest BCUT2D eigenvalue weighted by Crippen LogP contribution is -2.53. The van der Waals surface area contributed by atoms with E-state index in [0.717, 1.165) is 39.0 Å². The van der Waals surface area contributed by atoms with Gasteiger partial charge in [-0.3, -0.25) is 9.69 Å². The Bertz CT molecular complexity index is 233. The highest BCUT2D eigenvalue weighted by Crippen LogP contribution is 2.14. The van der Waals surface area contributed by atoms with Crippen LogP contribution in [0.5, 0.6) is 0 Å². The molecule has 1 aliphatic heterocycles. The van der Waals surface area contributed by atoms with Crippen LogP contribution in [0.3, 0.4) is 0 Å². The molecule has 4 nitrogen and oxygen atoms in total. The molecule has 1 saturated heterocycles. The van der Waals surface area contributed by atoms with Crippen LogP contribution in [-0.2, 0) is 4.79 Å². The molecule has 1 rings (SSSR count). The van der Waals surface area contributed by atoms with Crippen LogP contribution >= 0.6 is 0 Å². The van der Waals surface area contributed by atoms with Crippen molar-refractivity contribution in [2.45, 2.75) is 39.7 Å². The van der Waals surface area contributed by atoms with Crippen molar-refractivity contribution in [3.63, 3.8) is 0 Å². The van der Waals surface area contributed by atoms with Crippen LogP contribution in [0.4, 0.5) is 0 Å². The summed E-state index contributed by atoms with van der Waals surface area (Å²) in [4.78, 5) is 16.6. The number of hydrogen-bond donors (Lipinski definition) is 1. The zero-order valence-electron chi connectivity index (χ0n) is 11.5. The normalized spacial score (nSPS) is 19.7. The van der Waals surface area contributed by atoms with Gasteiger partial charge in [0.25, 0.3) is 0 Å². The van der Waals surface area contributed by atoms with Gasteiger partial charge < -0.3 is 10.6 Å². The smallest absolute Gasteiger partial charge is 0.225 e. The van der Waals surface area contributed by atoms with Gasteiger partial charge in [0.05, 0.1) is 0 Å². The highest BCUT2D eigenvalue weighted by atomic mass is 16.2. The highest BCUT2D eigenvalue weighted by molar-refractivity contribution is 5.78. The molecule has 2 N–H and O–H groups in total. The molecule has 0 aromatic heterocycles. The zero-order valence-corrected chi connectivity index (χ0v) is 11.5. The average Bonchev–Trinajstić information content (AvgIpc) is 2.39. The van der Waals surface area contributed by atoms with E-state index in [4.69, 9.17) is 5.73 Å². The summed E-state index contributed by atoms with van der Waals surface area (Å²) in [5.74, 6) is 0.559. The van der Waals surface area contributed by atoms with Crippen molar-refractivity contribution in [1.82, 2.24) is 9.80 Å². The van der Waals surface area contributed by atoms with Gasteiger partial charge in [0.1, 0.15) is 0 Å². The maximum absolute atomic E-state index is 12.2. The van der Waals surface area contributed by atoms with E-state index in [9.17, 15) is 4.79 Å². The molecule has 0 aromatic rings. The number of nitrogens with two attached hydrogens (primary N) is 1. The summed E-state index contributed by atoms with van der Waals surface area (Å²) in [6.45, 7) is 10.7. The predicted molar refractivity (Wildman–Crippen MR) is 70.7 cm³/mol. The lowest BCUT2D eigenvalue weighted by molar-refractivity contribution is -0.137. The van der Waals surface area contributed by atoms with Gasteiger partial charge in [-0.1, -0.05) is 13.8 Å². The van der Waals surface area contributed by atoms with E-state index in [0.29, 0.717) is 18.5 Å². The van der Waals surface area contributed by atoms with Crippen LogP contribution in [-0.4, -0.2) is 54.5 Å². The highest BCUT2D eigenvalue weighted by Gasteiger charge is 2.26. The second-order valence-corrected chi connectivity index (χ2v) is 4.96. The van der Waals surface area contributed by atoms with Gasteiger partial charge in [-0.05, 0) is 19.8 Å². The fourth-order valence-electron chi connectivity index (χ4n) is 2.43. The zero-order chi connectivity index (χ0) is 12.8. The molecule has 1 amide bonds.